The van der Waals surface area contributed by atoms with Crippen molar-refractivity contribution in [3.63, 3.8) is 0 Å². The summed E-state index contributed by atoms with van der Waals surface area (Å²) >= 11 is 0. The summed E-state index contributed by atoms with van der Waals surface area (Å²) in [5.74, 6) is 1.51. The summed E-state index contributed by atoms with van der Waals surface area (Å²) in [6.07, 6.45) is 0.906. The van der Waals surface area contributed by atoms with Gasteiger partial charge in [0.05, 0.1) is 25.0 Å². The van der Waals surface area contributed by atoms with Crippen LogP contribution in [0, 0.1) is 0 Å². The second-order valence-corrected chi connectivity index (χ2v) is 7.78. The molecule has 33 heavy (non-hydrogen) atoms. The predicted molar refractivity (Wildman–Crippen MR) is 117 cm³/mol. The molecule has 2 N–H and O–H groups in total. The van der Waals surface area contributed by atoms with Gasteiger partial charge in [-0.1, -0.05) is 6.92 Å². The SMILES string of the molecule is CCc1nn(CCOCC(F)(F)F)c2c(Nc3cnccn3)nc(N3CCN[C@H](C)C3)nc12. The Balaban J connectivity index is 1.72. The first-order valence-corrected chi connectivity index (χ1v) is 10.8. The number of ether oxygens (including phenoxy) is 1. The zero-order valence-corrected chi connectivity index (χ0v) is 18.4. The fraction of sp³-hybridized carbons (Fsp3) is 0.550. The van der Waals surface area contributed by atoms with Crippen molar-refractivity contribution in [2.45, 2.75) is 39.0 Å². The van der Waals surface area contributed by atoms with Gasteiger partial charge in [0.15, 0.2) is 5.82 Å². The molecule has 0 bridgehead atoms. The van der Waals surface area contributed by atoms with Crippen LogP contribution in [0.1, 0.15) is 19.5 Å². The molecule has 3 aromatic heterocycles. The molecule has 4 rings (SSSR count). The molecule has 1 saturated heterocycles. The maximum atomic E-state index is 12.4. The zero-order chi connectivity index (χ0) is 23.4. The molecule has 0 saturated carbocycles. The van der Waals surface area contributed by atoms with Gasteiger partial charge in [-0.15, -0.1) is 0 Å². The molecule has 0 aromatic carbocycles. The Hall–Kier alpha value is -3.06. The van der Waals surface area contributed by atoms with Gasteiger partial charge in [0.2, 0.25) is 5.95 Å². The fourth-order valence-corrected chi connectivity index (χ4v) is 3.70. The Morgan fingerprint density at radius 2 is 2.12 bits per heavy atom. The van der Waals surface area contributed by atoms with Gasteiger partial charge in [0.1, 0.15) is 23.5 Å². The molecule has 1 aliphatic rings. The topological polar surface area (TPSA) is 106 Å². The van der Waals surface area contributed by atoms with E-state index in [4.69, 9.17) is 14.7 Å². The lowest BCUT2D eigenvalue weighted by atomic mass is 10.2. The van der Waals surface area contributed by atoms with Gasteiger partial charge >= 0.3 is 6.18 Å². The highest BCUT2D eigenvalue weighted by molar-refractivity contribution is 5.90. The Bertz CT molecular complexity index is 1070. The van der Waals surface area contributed by atoms with Crippen LogP contribution in [0.25, 0.3) is 11.0 Å². The summed E-state index contributed by atoms with van der Waals surface area (Å²) in [6.45, 7) is 5.02. The highest BCUT2D eigenvalue weighted by Gasteiger charge is 2.28. The van der Waals surface area contributed by atoms with Crippen molar-refractivity contribution in [2.24, 2.45) is 0 Å². The van der Waals surface area contributed by atoms with Crippen LogP contribution >= 0.6 is 0 Å². The van der Waals surface area contributed by atoms with Crippen LogP contribution in [-0.2, 0) is 17.7 Å². The predicted octanol–water partition coefficient (Wildman–Crippen LogP) is 2.30. The maximum absolute atomic E-state index is 12.4. The fourth-order valence-electron chi connectivity index (χ4n) is 3.70. The summed E-state index contributed by atoms with van der Waals surface area (Å²) in [5.41, 5.74) is 1.96. The number of aryl methyl sites for hydroxylation is 1. The number of fused-ring (bicyclic) bond motifs is 1. The molecule has 0 spiro atoms. The molecule has 0 amide bonds. The van der Waals surface area contributed by atoms with E-state index in [1.165, 1.54) is 0 Å². The minimum absolute atomic E-state index is 0.120. The molecule has 1 atom stereocenters. The Morgan fingerprint density at radius 3 is 2.82 bits per heavy atom. The van der Waals surface area contributed by atoms with Gasteiger partial charge < -0.3 is 20.3 Å². The summed E-state index contributed by atoms with van der Waals surface area (Å²) in [5, 5.41) is 11.2. The first-order valence-electron chi connectivity index (χ1n) is 10.8. The van der Waals surface area contributed by atoms with Crippen molar-refractivity contribution in [1.29, 1.82) is 0 Å². The molecule has 1 aliphatic heterocycles. The van der Waals surface area contributed by atoms with Crippen LogP contribution < -0.4 is 15.5 Å². The van der Waals surface area contributed by atoms with E-state index in [1.807, 2.05) is 6.92 Å². The molecule has 13 heteroatoms. The Kier molecular flexibility index (Phi) is 6.88. The van der Waals surface area contributed by atoms with E-state index < -0.39 is 12.8 Å². The number of anilines is 3. The summed E-state index contributed by atoms with van der Waals surface area (Å²) in [4.78, 5) is 20.0. The van der Waals surface area contributed by atoms with Crippen molar-refractivity contribution in [3.05, 3.63) is 24.3 Å². The second-order valence-electron chi connectivity index (χ2n) is 7.78. The summed E-state index contributed by atoms with van der Waals surface area (Å²) < 4.78 is 43.7. The monoisotopic (exact) mass is 465 g/mol. The number of hydrogen-bond donors (Lipinski definition) is 2. The molecular formula is C20H26F3N9O. The first kappa shape index (κ1) is 23.1. The van der Waals surface area contributed by atoms with E-state index in [9.17, 15) is 13.2 Å². The van der Waals surface area contributed by atoms with Crippen LogP contribution in [0.3, 0.4) is 0 Å². The highest BCUT2D eigenvalue weighted by atomic mass is 19.4. The summed E-state index contributed by atoms with van der Waals surface area (Å²) in [6, 6.07) is 0.286. The maximum Gasteiger partial charge on any atom is 0.411 e. The number of halogens is 3. The number of rotatable bonds is 8. The van der Waals surface area contributed by atoms with Gasteiger partial charge in [-0.3, -0.25) is 9.67 Å². The van der Waals surface area contributed by atoms with Crippen molar-refractivity contribution >= 4 is 28.6 Å². The van der Waals surface area contributed by atoms with E-state index >= 15 is 0 Å². The number of alkyl halides is 3. The van der Waals surface area contributed by atoms with Crippen LogP contribution in [0.2, 0.25) is 0 Å². The third kappa shape index (κ3) is 5.66. The number of aromatic nitrogens is 6. The molecule has 4 heterocycles. The Morgan fingerprint density at radius 1 is 1.27 bits per heavy atom. The van der Waals surface area contributed by atoms with Crippen molar-refractivity contribution < 1.29 is 17.9 Å². The normalized spacial score (nSPS) is 17.0. The van der Waals surface area contributed by atoms with Crippen LogP contribution in [0.15, 0.2) is 18.6 Å². The molecule has 3 aromatic rings. The standard InChI is InChI=1S/C20H26F3N9O/c1-3-14-16-17(32(30-14)8-9-33-12-20(21,22)23)18(27-15-10-24-4-5-26-15)29-19(28-16)31-7-6-25-13(2)11-31/h4-5,10,13,25H,3,6-9,11-12H2,1-2H3,(H,26,27,28,29)/t13-/m1/s1. The van der Waals surface area contributed by atoms with Crippen molar-refractivity contribution in [3.8, 4) is 0 Å². The number of nitrogens with zero attached hydrogens (tertiary/aromatic N) is 7. The van der Waals surface area contributed by atoms with E-state index in [1.54, 1.807) is 23.3 Å². The lowest BCUT2D eigenvalue weighted by molar-refractivity contribution is -0.174. The smallest absolute Gasteiger partial charge is 0.370 e. The average Bonchev–Trinajstić information content (AvgIpc) is 3.15. The zero-order valence-electron chi connectivity index (χ0n) is 18.4. The highest BCUT2D eigenvalue weighted by Crippen LogP contribution is 2.29. The second kappa shape index (κ2) is 9.83. The number of hydrogen-bond acceptors (Lipinski definition) is 9. The minimum atomic E-state index is -4.38. The summed E-state index contributed by atoms with van der Waals surface area (Å²) in [7, 11) is 0. The van der Waals surface area contributed by atoms with Gasteiger partial charge in [0.25, 0.3) is 0 Å². The largest absolute Gasteiger partial charge is 0.411 e. The van der Waals surface area contributed by atoms with E-state index in [0.29, 0.717) is 35.0 Å². The Labute approximate surface area is 188 Å². The quantitative estimate of drug-likeness (QED) is 0.485. The molecule has 1 fully saturated rings. The molecule has 10 nitrogen and oxygen atoms in total. The number of nitrogens with one attached hydrogen (secondary N) is 2. The van der Waals surface area contributed by atoms with Gasteiger partial charge in [-0.25, -0.2) is 9.97 Å². The van der Waals surface area contributed by atoms with Crippen LogP contribution in [0.4, 0.5) is 30.8 Å². The van der Waals surface area contributed by atoms with Crippen LogP contribution in [-0.4, -0.2) is 74.8 Å². The van der Waals surface area contributed by atoms with Gasteiger partial charge in [0, 0.05) is 38.1 Å². The third-order valence-corrected chi connectivity index (χ3v) is 5.15. The number of piperazine rings is 1. The lowest BCUT2D eigenvalue weighted by Crippen LogP contribution is -2.49. The third-order valence-electron chi connectivity index (χ3n) is 5.15. The van der Waals surface area contributed by atoms with E-state index in [2.05, 4.69) is 37.5 Å². The molecular weight excluding hydrogens is 439 g/mol. The molecule has 0 radical (unpaired) electrons. The van der Waals surface area contributed by atoms with E-state index in [-0.39, 0.29) is 19.2 Å². The van der Waals surface area contributed by atoms with Crippen molar-refractivity contribution in [1.82, 2.24) is 35.0 Å². The average molecular weight is 465 g/mol. The van der Waals surface area contributed by atoms with Gasteiger partial charge in [-0.2, -0.15) is 23.3 Å². The van der Waals surface area contributed by atoms with Gasteiger partial charge in [-0.05, 0) is 13.3 Å². The minimum Gasteiger partial charge on any atom is -0.370 e. The molecule has 0 unspecified atom stereocenters. The first-order chi connectivity index (χ1) is 15.8. The molecule has 178 valence electrons. The lowest BCUT2D eigenvalue weighted by Gasteiger charge is -2.32. The van der Waals surface area contributed by atoms with E-state index in [0.717, 1.165) is 25.3 Å². The van der Waals surface area contributed by atoms with Crippen molar-refractivity contribution in [2.75, 3.05) is 43.1 Å². The molecule has 0 aliphatic carbocycles. The van der Waals surface area contributed by atoms with Crippen LogP contribution in [0.5, 0.6) is 0 Å².